The molecule has 1 atom stereocenters. The van der Waals surface area contributed by atoms with Crippen LogP contribution >= 0.6 is 0 Å². The Kier molecular flexibility index (Phi) is 4.87. The van der Waals surface area contributed by atoms with E-state index < -0.39 is 0 Å². The van der Waals surface area contributed by atoms with Gasteiger partial charge in [0, 0.05) is 46.1 Å². The van der Waals surface area contributed by atoms with Gasteiger partial charge in [0.1, 0.15) is 12.2 Å². The van der Waals surface area contributed by atoms with Gasteiger partial charge in [-0.25, -0.2) is 4.98 Å². The van der Waals surface area contributed by atoms with Crippen LogP contribution < -0.4 is 11.3 Å². The topological polar surface area (TPSA) is 87.2 Å². The maximum atomic E-state index is 5.77. The molecule has 7 nitrogen and oxygen atoms in total. The normalized spacial score (nSPS) is 20.4. The van der Waals surface area contributed by atoms with E-state index in [1.165, 1.54) is 0 Å². The quantitative estimate of drug-likeness (QED) is 0.552. The number of nitrogens with two attached hydrogens (primary N) is 1. The second-order valence-electron chi connectivity index (χ2n) is 4.80. The zero-order valence-electron chi connectivity index (χ0n) is 11.6. The molecule has 1 aliphatic heterocycles. The number of ether oxygens (including phenoxy) is 2. The summed E-state index contributed by atoms with van der Waals surface area (Å²) in [6.45, 7) is 4.25. The molecule has 7 heteroatoms. The number of hydrazine groups is 1. The molecule has 19 heavy (non-hydrogen) atoms. The Morgan fingerprint density at radius 1 is 1.58 bits per heavy atom. The summed E-state index contributed by atoms with van der Waals surface area (Å²) in [6, 6.07) is -0.00380. The lowest BCUT2D eigenvalue weighted by molar-refractivity contribution is -0.110. The molecule has 1 saturated heterocycles. The molecule has 0 spiro atoms. The van der Waals surface area contributed by atoms with Crippen LogP contribution in [0.15, 0.2) is 6.33 Å². The fourth-order valence-corrected chi connectivity index (χ4v) is 2.70. The Morgan fingerprint density at radius 2 is 2.32 bits per heavy atom. The largest absolute Gasteiger partial charge is 0.381 e. The standard InChI is InChI=1S/C12H23N5O2/c1-3-17-11(14-9-15-17)8-10(16-13)12(18-2)4-6-19-7-5-12/h9-10,16H,3-8,13H2,1-2H3. The fraction of sp³-hybridized carbons (Fsp3) is 0.833. The highest BCUT2D eigenvalue weighted by Crippen LogP contribution is 2.29. The molecule has 0 radical (unpaired) electrons. The van der Waals surface area contributed by atoms with Crippen molar-refractivity contribution in [1.29, 1.82) is 0 Å². The molecule has 1 aromatic heterocycles. The molecule has 1 aromatic rings. The number of aromatic nitrogens is 3. The molecule has 0 aromatic carbocycles. The van der Waals surface area contributed by atoms with E-state index in [9.17, 15) is 0 Å². The first-order valence-corrected chi connectivity index (χ1v) is 6.71. The predicted molar refractivity (Wildman–Crippen MR) is 70.3 cm³/mol. The molecule has 2 heterocycles. The van der Waals surface area contributed by atoms with Crippen LogP contribution in [0, 0.1) is 0 Å². The average molecular weight is 269 g/mol. The van der Waals surface area contributed by atoms with Gasteiger partial charge in [-0.15, -0.1) is 0 Å². The van der Waals surface area contributed by atoms with E-state index in [-0.39, 0.29) is 11.6 Å². The van der Waals surface area contributed by atoms with Crippen LogP contribution in [-0.4, -0.2) is 46.7 Å². The van der Waals surface area contributed by atoms with Crippen molar-refractivity contribution in [3.8, 4) is 0 Å². The highest BCUT2D eigenvalue weighted by molar-refractivity contribution is 5.00. The van der Waals surface area contributed by atoms with Crippen LogP contribution in [-0.2, 0) is 22.4 Å². The van der Waals surface area contributed by atoms with Gasteiger partial charge in [0.05, 0.1) is 11.6 Å². The zero-order valence-corrected chi connectivity index (χ0v) is 11.6. The molecule has 0 aliphatic carbocycles. The third-order valence-corrected chi connectivity index (χ3v) is 3.96. The third kappa shape index (κ3) is 2.94. The van der Waals surface area contributed by atoms with Crippen molar-refractivity contribution in [2.24, 2.45) is 5.84 Å². The molecule has 1 aliphatic rings. The van der Waals surface area contributed by atoms with Gasteiger partial charge in [0.2, 0.25) is 0 Å². The molecule has 1 unspecified atom stereocenters. The Hall–Kier alpha value is -1.02. The smallest absolute Gasteiger partial charge is 0.138 e. The van der Waals surface area contributed by atoms with Crippen molar-refractivity contribution in [3.05, 3.63) is 12.2 Å². The third-order valence-electron chi connectivity index (χ3n) is 3.96. The Bertz CT molecular complexity index is 389. The monoisotopic (exact) mass is 269 g/mol. The van der Waals surface area contributed by atoms with Crippen molar-refractivity contribution >= 4 is 0 Å². The van der Waals surface area contributed by atoms with Crippen molar-refractivity contribution in [2.45, 2.75) is 44.4 Å². The first-order valence-electron chi connectivity index (χ1n) is 6.71. The number of aryl methyl sites for hydroxylation is 1. The zero-order chi connectivity index (χ0) is 13.7. The van der Waals surface area contributed by atoms with Crippen molar-refractivity contribution in [1.82, 2.24) is 20.2 Å². The van der Waals surface area contributed by atoms with E-state index >= 15 is 0 Å². The minimum atomic E-state index is -0.294. The van der Waals surface area contributed by atoms with E-state index in [0.29, 0.717) is 19.6 Å². The molecule has 3 N–H and O–H groups in total. The van der Waals surface area contributed by atoms with Gasteiger partial charge in [0.25, 0.3) is 0 Å². The van der Waals surface area contributed by atoms with Crippen LogP contribution in [0.4, 0.5) is 0 Å². The number of hydrogen-bond donors (Lipinski definition) is 2. The van der Waals surface area contributed by atoms with Gasteiger partial charge < -0.3 is 9.47 Å². The number of nitrogens with one attached hydrogen (secondary N) is 1. The SMILES string of the molecule is CCn1ncnc1CC(NN)C1(OC)CCOCC1. The van der Waals surface area contributed by atoms with Crippen LogP contribution in [0.25, 0.3) is 0 Å². The number of hydrogen-bond acceptors (Lipinski definition) is 6. The number of methoxy groups -OCH3 is 1. The summed E-state index contributed by atoms with van der Waals surface area (Å²) in [7, 11) is 1.74. The maximum Gasteiger partial charge on any atom is 0.138 e. The van der Waals surface area contributed by atoms with Crippen molar-refractivity contribution < 1.29 is 9.47 Å². The van der Waals surface area contributed by atoms with E-state index in [0.717, 1.165) is 25.2 Å². The number of nitrogens with zero attached hydrogens (tertiary/aromatic N) is 3. The Balaban J connectivity index is 2.14. The molecule has 0 saturated carbocycles. The van der Waals surface area contributed by atoms with Crippen molar-refractivity contribution in [2.75, 3.05) is 20.3 Å². The molecule has 0 amide bonds. The van der Waals surface area contributed by atoms with Gasteiger partial charge in [-0.1, -0.05) is 0 Å². The summed E-state index contributed by atoms with van der Waals surface area (Å²) < 4.78 is 13.1. The molecule has 108 valence electrons. The summed E-state index contributed by atoms with van der Waals surface area (Å²) in [5.74, 6) is 6.67. The molecule has 0 bridgehead atoms. The van der Waals surface area contributed by atoms with E-state index in [1.54, 1.807) is 13.4 Å². The summed E-state index contributed by atoms with van der Waals surface area (Å²) in [6.07, 6.45) is 3.94. The lowest BCUT2D eigenvalue weighted by Gasteiger charge is -2.41. The maximum absolute atomic E-state index is 5.77. The van der Waals surface area contributed by atoms with Gasteiger partial charge in [-0.2, -0.15) is 5.10 Å². The highest BCUT2D eigenvalue weighted by Gasteiger charge is 2.40. The second kappa shape index (κ2) is 6.42. The minimum absolute atomic E-state index is 0.00380. The van der Waals surface area contributed by atoms with Crippen LogP contribution in [0.2, 0.25) is 0 Å². The molecular weight excluding hydrogens is 246 g/mol. The van der Waals surface area contributed by atoms with Crippen LogP contribution in [0.5, 0.6) is 0 Å². The van der Waals surface area contributed by atoms with E-state index in [1.807, 2.05) is 11.6 Å². The first kappa shape index (κ1) is 14.4. The lowest BCUT2D eigenvalue weighted by atomic mass is 9.84. The van der Waals surface area contributed by atoms with Crippen LogP contribution in [0.1, 0.15) is 25.6 Å². The van der Waals surface area contributed by atoms with Crippen molar-refractivity contribution in [3.63, 3.8) is 0 Å². The lowest BCUT2D eigenvalue weighted by Crippen LogP contribution is -2.58. The Morgan fingerprint density at radius 3 is 2.89 bits per heavy atom. The van der Waals surface area contributed by atoms with Gasteiger partial charge >= 0.3 is 0 Å². The molecular formula is C12H23N5O2. The van der Waals surface area contributed by atoms with Gasteiger partial charge in [-0.05, 0) is 6.92 Å². The summed E-state index contributed by atoms with van der Waals surface area (Å²) in [5, 5.41) is 4.19. The summed E-state index contributed by atoms with van der Waals surface area (Å²) in [4.78, 5) is 4.30. The Labute approximate surface area is 113 Å². The fourth-order valence-electron chi connectivity index (χ4n) is 2.70. The van der Waals surface area contributed by atoms with Gasteiger partial charge in [0.15, 0.2) is 0 Å². The molecule has 1 fully saturated rings. The highest BCUT2D eigenvalue weighted by atomic mass is 16.5. The molecule has 2 rings (SSSR count). The summed E-state index contributed by atoms with van der Waals surface area (Å²) in [5.41, 5.74) is 2.60. The van der Waals surface area contributed by atoms with E-state index in [4.69, 9.17) is 15.3 Å². The van der Waals surface area contributed by atoms with Crippen LogP contribution in [0.3, 0.4) is 0 Å². The van der Waals surface area contributed by atoms with Gasteiger partial charge in [-0.3, -0.25) is 16.0 Å². The first-order chi connectivity index (χ1) is 9.25. The van der Waals surface area contributed by atoms with E-state index in [2.05, 4.69) is 15.5 Å². The second-order valence-corrected chi connectivity index (χ2v) is 4.80. The predicted octanol–water partition coefficient (Wildman–Crippen LogP) is -0.132. The number of rotatable bonds is 6. The minimum Gasteiger partial charge on any atom is -0.381 e. The summed E-state index contributed by atoms with van der Waals surface area (Å²) >= 11 is 0. The average Bonchev–Trinajstić information content (AvgIpc) is 2.92.